The summed E-state index contributed by atoms with van der Waals surface area (Å²) in [4.78, 5) is 32.2. The summed E-state index contributed by atoms with van der Waals surface area (Å²) in [5.74, 6) is -0.0420. The molecule has 0 aliphatic carbocycles. The lowest BCUT2D eigenvalue weighted by molar-refractivity contribution is -0.385. The Morgan fingerprint density at radius 3 is 2.56 bits per heavy atom. The van der Waals surface area contributed by atoms with Gasteiger partial charge >= 0.3 is 5.69 Å². The Bertz CT molecular complexity index is 1090. The predicted molar refractivity (Wildman–Crippen MR) is 125 cm³/mol. The Labute approximate surface area is 189 Å². The van der Waals surface area contributed by atoms with Crippen molar-refractivity contribution in [3.8, 4) is 5.75 Å². The third-order valence-corrected chi connectivity index (χ3v) is 6.21. The van der Waals surface area contributed by atoms with Gasteiger partial charge in [0.1, 0.15) is 0 Å². The molecule has 32 heavy (non-hydrogen) atoms. The monoisotopic (exact) mass is 454 g/mol. The number of anilines is 1. The van der Waals surface area contributed by atoms with Crippen molar-refractivity contribution in [3.63, 3.8) is 0 Å². The number of benzene rings is 2. The Morgan fingerprint density at radius 2 is 1.91 bits per heavy atom. The number of carbonyl (C=O) groups is 1. The molecule has 10 heteroatoms. The van der Waals surface area contributed by atoms with Crippen LogP contribution in [-0.4, -0.2) is 61.4 Å². The van der Waals surface area contributed by atoms with E-state index in [-0.39, 0.29) is 17.3 Å². The van der Waals surface area contributed by atoms with Crippen LogP contribution in [0.5, 0.6) is 5.75 Å². The van der Waals surface area contributed by atoms with E-state index in [2.05, 4.69) is 9.89 Å². The summed E-state index contributed by atoms with van der Waals surface area (Å²) >= 11 is 1.23. The predicted octanol–water partition coefficient (Wildman–Crippen LogP) is 3.67. The molecule has 2 aliphatic heterocycles. The van der Waals surface area contributed by atoms with Crippen molar-refractivity contribution in [2.45, 2.75) is 0 Å². The fraction of sp³-hybridized carbons (Fsp3) is 0.273. The van der Waals surface area contributed by atoms with Crippen LogP contribution in [0.4, 0.5) is 17.1 Å². The summed E-state index contributed by atoms with van der Waals surface area (Å²) in [5, 5.41) is 11.8. The number of likely N-dealkylation sites (N-methyl/N-ethyl adjacent to an activating group) is 1. The third kappa shape index (κ3) is 4.61. The zero-order valence-electron chi connectivity index (χ0n) is 17.7. The SMILES string of the molecule is COc1ccc(/C=C2/SC(=Nc3ccc(N4CCOCC4)cc3)N(C)C2=O)cc1[N+](=O)[O-]. The fourth-order valence-corrected chi connectivity index (χ4v) is 4.40. The quantitative estimate of drug-likeness (QED) is 0.386. The lowest BCUT2D eigenvalue weighted by Gasteiger charge is -2.28. The van der Waals surface area contributed by atoms with Crippen molar-refractivity contribution in [1.29, 1.82) is 0 Å². The second kappa shape index (κ2) is 9.41. The van der Waals surface area contributed by atoms with E-state index in [1.54, 1.807) is 19.2 Å². The highest BCUT2D eigenvalue weighted by Crippen LogP contribution is 2.35. The standard InChI is InChI=1S/C22H22N4O5S/c1-24-21(27)20(14-15-3-8-19(30-2)18(13-15)26(28)29)32-22(24)23-16-4-6-17(7-5-16)25-9-11-31-12-10-25/h3-8,13-14H,9-12H2,1-2H3/b20-14+,23-22?. The number of hydrogen-bond donors (Lipinski definition) is 0. The van der Waals surface area contributed by atoms with Crippen molar-refractivity contribution in [1.82, 2.24) is 4.90 Å². The summed E-state index contributed by atoms with van der Waals surface area (Å²) in [7, 11) is 3.04. The first kappa shape index (κ1) is 21.8. The van der Waals surface area contributed by atoms with Crippen LogP contribution in [0, 0.1) is 10.1 Å². The molecule has 0 radical (unpaired) electrons. The van der Waals surface area contributed by atoms with Crippen molar-refractivity contribution in [3.05, 3.63) is 63.0 Å². The first-order chi connectivity index (χ1) is 15.5. The number of thioether (sulfide) groups is 1. The lowest BCUT2D eigenvalue weighted by atomic mass is 10.1. The molecule has 2 aliphatic rings. The molecule has 0 atom stereocenters. The molecular weight excluding hydrogens is 432 g/mol. The van der Waals surface area contributed by atoms with Gasteiger partial charge in [-0.15, -0.1) is 0 Å². The maximum absolute atomic E-state index is 12.7. The van der Waals surface area contributed by atoms with Gasteiger partial charge in [0.15, 0.2) is 10.9 Å². The highest BCUT2D eigenvalue weighted by Gasteiger charge is 2.30. The third-order valence-electron chi connectivity index (χ3n) is 5.15. The molecule has 0 aromatic heterocycles. The van der Waals surface area contributed by atoms with Gasteiger partial charge in [-0.3, -0.25) is 19.8 Å². The van der Waals surface area contributed by atoms with Crippen LogP contribution < -0.4 is 9.64 Å². The molecule has 0 saturated carbocycles. The summed E-state index contributed by atoms with van der Waals surface area (Å²) in [6.45, 7) is 3.16. The molecule has 0 bridgehead atoms. The maximum Gasteiger partial charge on any atom is 0.311 e. The lowest BCUT2D eigenvalue weighted by Crippen LogP contribution is -2.36. The smallest absolute Gasteiger partial charge is 0.311 e. The number of nitrogens with zero attached hydrogens (tertiary/aromatic N) is 4. The average Bonchev–Trinajstić information content (AvgIpc) is 3.07. The number of rotatable bonds is 5. The largest absolute Gasteiger partial charge is 0.490 e. The Hall–Kier alpha value is -3.37. The van der Waals surface area contributed by atoms with Crippen LogP contribution in [0.1, 0.15) is 5.56 Å². The molecule has 2 aromatic carbocycles. The van der Waals surface area contributed by atoms with Gasteiger partial charge in [0, 0.05) is 31.9 Å². The molecule has 0 N–H and O–H groups in total. The molecule has 2 aromatic rings. The summed E-state index contributed by atoms with van der Waals surface area (Å²) in [5.41, 5.74) is 2.24. The molecule has 0 unspecified atom stereocenters. The second-order valence-electron chi connectivity index (χ2n) is 7.17. The van der Waals surface area contributed by atoms with E-state index in [4.69, 9.17) is 9.47 Å². The van der Waals surface area contributed by atoms with Crippen LogP contribution >= 0.6 is 11.8 Å². The highest BCUT2D eigenvalue weighted by atomic mass is 32.2. The van der Waals surface area contributed by atoms with Gasteiger partial charge < -0.3 is 14.4 Å². The first-order valence-electron chi connectivity index (χ1n) is 9.98. The molecule has 2 saturated heterocycles. The minimum absolute atomic E-state index is 0.153. The van der Waals surface area contributed by atoms with E-state index < -0.39 is 4.92 Å². The molecule has 4 rings (SSSR count). The minimum Gasteiger partial charge on any atom is -0.490 e. The van der Waals surface area contributed by atoms with E-state index in [1.165, 1.54) is 35.9 Å². The Balaban J connectivity index is 1.54. The fourth-order valence-electron chi connectivity index (χ4n) is 3.41. The maximum atomic E-state index is 12.7. The summed E-state index contributed by atoms with van der Waals surface area (Å²) in [6, 6.07) is 12.4. The normalized spacial score (nSPS) is 19.1. The van der Waals surface area contributed by atoms with Gasteiger partial charge in [-0.05, 0) is 53.7 Å². The van der Waals surface area contributed by atoms with Crippen LogP contribution in [0.3, 0.4) is 0 Å². The van der Waals surface area contributed by atoms with Gasteiger partial charge in [0.2, 0.25) is 0 Å². The molecule has 2 fully saturated rings. The number of morpholine rings is 1. The highest BCUT2D eigenvalue weighted by molar-refractivity contribution is 8.18. The van der Waals surface area contributed by atoms with Crippen LogP contribution in [0.25, 0.3) is 6.08 Å². The number of nitro benzene ring substituents is 1. The molecule has 9 nitrogen and oxygen atoms in total. The average molecular weight is 455 g/mol. The Kier molecular flexibility index (Phi) is 6.42. The molecule has 1 amide bonds. The molecule has 0 spiro atoms. The first-order valence-corrected chi connectivity index (χ1v) is 10.8. The number of hydrogen-bond acceptors (Lipinski definition) is 8. The van der Waals surface area contributed by atoms with E-state index in [0.29, 0.717) is 15.6 Å². The second-order valence-corrected chi connectivity index (χ2v) is 8.18. The van der Waals surface area contributed by atoms with Gasteiger partial charge in [-0.25, -0.2) is 4.99 Å². The van der Waals surface area contributed by atoms with E-state index in [1.807, 2.05) is 24.3 Å². The number of ether oxygens (including phenoxy) is 2. The zero-order chi connectivity index (χ0) is 22.7. The topological polar surface area (TPSA) is 97.5 Å². The van der Waals surface area contributed by atoms with E-state index in [9.17, 15) is 14.9 Å². The Morgan fingerprint density at radius 1 is 1.19 bits per heavy atom. The number of aliphatic imine (C=N–C) groups is 1. The number of methoxy groups -OCH3 is 1. The van der Waals surface area contributed by atoms with Gasteiger partial charge in [0.05, 0.1) is 35.8 Å². The summed E-state index contributed by atoms with van der Waals surface area (Å²) < 4.78 is 10.4. The van der Waals surface area contributed by atoms with Gasteiger partial charge in [-0.1, -0.05) is 6.07 Å². The van der Waals surface area contributed by atoms with Crippen LogP contribution in [-0.2, 0) is 9.53 Å². The summed E-state index contributed by atoms with van der Waals surface area (Å²) in [6.07, 6.45) is 1.62. The molecule has 2 heterocycles. The van der Waals surface area contributed by atoms with Crippen LogP contribution in [0.2, 0.25) is 0 Å². The van der Waals surface area contributed by atoms with E-state index >= 15 is 0 Å². The number of nitro groups is 1. The molecule has 166 valence electrons. The minimum atomic E-state index is -0.510. The van der Waals surface area contributed by atoms with Gasteiger partial charge in [-0.2, -0.15) is 0 Å². The number of amides is 1. The van der Waals surface area contributed by atoms with Crippen molar-refractivity contribution in [2.24, 2.45) is 4.99 Å². The molecular formula is C22H22N4O5S. The number of carbonyl (C=O) groups excluding carboxylic acids is 1. The van der Waals surface area contributed by atoms with Crippen molar-refractivity contribution >= 4 is 46.0 Å². The zero-order valence-corrected chi connectivity index (χ0v) is 18.5. The van der Waals surface area contributed by atoms with E-state index in [0.717, 1.165) is 37.7 Å². The van der Waals surface area contributed by atoms with Crippen LogP contribution in [0.15, 0.2) is 52.4 Å². The van der Waals surface area contributed by atoms with Gasteiger partial charge in [0.25, 0.3) is 5.91 Å². The number of amidine groups is 1. The van der Waals surface area contributed by atoms with Crippen molar-refractivity contribution < 1.29 is 19.2 Å². The van der Waals surface area contributed by atoms with Crippen molar-refractivity contribution in [2.75, 3.05) is 45.4 Å².